The van der Waals surface area contributed by atoms with E-state index in [-0.39, 0.29) is 0 Å². The molecule has 1 aliphatic carbocycles. The summed E-state index contributed by atoms with van der Waals surface area (Å²) in [5, 5.41) is 16.2. The number of nitrogens with zero attached hydrogens (tertiary/aromatic N) is 4. The first-order chi connectivity index (χ1) is 14.2. The minimum atomic E-state index is 0.871. The van der Waals surface area contributed by atoms with Gasteiger partial charge in [-0.25, -0.2) is 4.99 Å². The van der Waals surface area contributed by atoms with Crippen LogP contribution in [0.25, 0.3) is 10.9 Å². The fourth-order valence-electron chi connectivity index (χ4n) is 3.99. The summed E-state index contributed by atoms with van der Waals surface area (Å²) >= 11 is 0. The summed E-state index contributed by atoms with van der Waals surface area (Å²) in [6.45, 7) is 9.35. The number of aryl methyl sites for hydroxylation is 1. The maximum atomic E-state index is 5.11. The maximum Gasteiger partial charge on any atom is 0.0925 e. The molecule has 152 valence electrons. The predicted molar refractivity (Wildman–Crippen MR) is 119 cm³/mol. The van der Waals surface area contributed by atoms with Crippen molar-refractivity contribution in [2.75, 3.05) is 13.1 Å². The monoisotopic (exact) mass is 390 g/mol. The molecule has 4 rings (SSSR count). The summed E-state index contributed by atoms with van der Waals surface area (Å²) < 4.78 is 0. The van der Waals surface area contributed by atoms with Crippen molar-refractivity contribution in [3.63, 3.8) is 0 Å². The number of aliphatic imine (C=N–C) groups is 1. The number of nitrogens with one attached hydrogen (secondary N) is 2. The molecule has 1 aromatic carbocycles. The van der Waals surface area contributed by atoms with E-state index in [1.165, 1.54) is 18.4 Å². The van der Waals surface area contributed by atoms with Crippen LogP contribution in [0.5, 0.6) is 0 Å². The Morgan fingerprint density at radius 3 is 2.72 bits per heavy atom. The Morgan fingerprint density at radius 1 is 1.17 bits per heavy atom. The molecule has 0 bridgehead atoms. The van der Waals surface area contributed by atoms with Gasteiger partial charge >= 0.3 is 0 Å². The number of hydrogen-bond acceptors (Lipinski definition) is 4. The molecule has 1 aliphatic rings. The fourth-order valence-corrected chi connectivity index (χ4v) is 3.99. The Kier molecular flexibility index (Phi) is 5.90. The van der Waals surface area contributed by atoms with Gasteiger partial charge in [0.1, 0.15) is 0 Å². The van der Waals surface area contributed by atoms with Crippen LogP contribution < -0.4 is 0 Å². The number of aromatic nitrogens is 4. The lowest BCUT2D eigenvalue weighted by Gasteiger charge is -2.17. The predicted octanol–water partition coefficient (Wildman–Crippen LogP) is 5.06. The van der Waals surface area contributed by atoms with Crippen LogP contribution in [-0.4, -0.2) is 44.1 Å². The topological polar surface area (TPSA) is 73.0 Å². The van der Waals surface area contributed by atoms with Gasteiger partial charge < -0.3 is 0 Å². The average molecular weight is 391 g/mol. The van der Waals surface area contributed by atoms with Crippen LogP contribution in [-0.2, 0) is 6.54 Å². The fraction of sp³-hybridized carbons (Fsp3) is 0.435. The highest BCUT2D eigenvalue weighted by Gasteiger charge is 2.17. The molecule has 2 heterocycles. The Labute approximate surface area is 172 Å². The van der Waals surface area contributed by atoms with Crippen molar-refractivity contribution in [1.29, 1.82) is 0 Å². The summed E-state index contributed by atoms with van der Waals surface area (Å²) in [7, 11) is 0. The largest absolute Gasteiger partial charge is 0.298 e. The lowest BCUT2D eigenvalue weighted by atomic mass is 9.92. The lowest BCUT2D eigenvalue weighted by molar-refractivity contribution is 0.293. The summed E-state index contributed by atoms with van der Waals surface area (Å²) in [4.78, 5) is 7.49. The normalized spacial score (nSPS) is 15.3. The molecule has 2 aromatic heterocycles. The first-order valence-corrected chi connectivity index (χ1v) is 10.7. The second-order valence-electron chi connectivity index (χ2n) is 7.71. The summed E-state index contributed by atoms with van der Waals surface area (Å²) in [5.41, 5.74) is 7.63. The molecule has 6 nitrogen and oxygen atoms in total. The third kappa shape index (κ3) is 4.17. The molecule has 3 aromatic rings. The van der Waals surface area contributed by atoms with Crippen molar-refractivity contribution >= 4 is 22.3 Å². The van der Waals surface area contributed by atoms with Gasteiger partial charge in [-0.2, -0.15) is 10.2 Å². The standard InChI is InChI=1S/C23H30N6/c1-4-29(5-2)15-22-19-13-18(11-12-21(19)27-28-22)25-23(17-9-7-6-8-10-17)20-14-24-26-16(20)3/h9,11-14H,4-8,10,15H2,1-3H3,(H,24,26)(H,27,28). The van der Waals surface area contributed by atoms with E-state index >= 15 is 0 Å². The third-order valence-corrected chi connectivity index (χ3v) is 5.81. The zero-order valence-corrected chi connectivity index (χ0v) is 17.6. The van der Waals surface area contributed by atoms with Gasteiger partial charge in [-0.05, 0) is 69.5 Å². The zero-order chi connectivity index (χ0) is 20.2. The van der Waals surface area contributed by atoms with Gasteiger partial charge in [0, 0.05) is 23.2 Å². The van der Waals surface area contributed by atoms with E-state index < -0.39 is 0 Å². The van der Waals surface area contributed by atoms with Crippen LogP contribution in [0.2, 0.25) is 0 Å². The van der Waals surface area contributed by atoms with Crippen molar-refractivity contribution in [3.8, 4) is 0 Å². The molecular formula is C23H30N6. The number of rotatable bonds is 7. The molecule has 0 saturated carbocycles. The van der Waals surface area contributed by atoms with Gasteiger partial charge in [0.15, 0.2) is 0 Å². The van der Waals surface area contributed by atoms with E-state index in [1.54, 1.807) is 0 Å². The number of allylic oxidation sites excluding steroid dienone is 2. The number of H-pyrrole nitrogens is 2. The van der Waals surface area contributed by atoms with E-state index in [0.29, 0.717) is 0 Å². The van der Waals surface area contributed by atoms with Gasteiger partial charge in [0.05, 0.1) is 28.8 Å². The van der Waals surface area contributed by atoms with Crippen molar-refractivity contribution < 1.29 is 0 Å². The summed E-state index contributed by atoms with van der Waals surface area (Å²) in [6, 6.07) is 6.28. The highest BCUT2D eigenvalue weighted by atomic mass is 15.2. The Bertz CT molecular complexity index is 1030. The summed E-state index contributed by atoms with van der Waals surface area (Å²) in [6.07, 6.45) is 8.92. The quantitative estimate of drug-likeness (QED) is 0.554. The molecule has 29 heavy (non-hydrogen) atoms. The molecule has 0 saturated heterocycles. The SMILES string of the molecule is CCN(CC)Cc1[nH]nc2ccc(N=C(C3=CCCCC3)c3cn[nH]c3C)cc12. The van der Waals surface area contributed by atoms with Crippen LogP contribution in [0.1, 0.15) is 56.5 Å². The molecule has 0 spiro atoms. The maximum absolute atomic E-state index is 5.11. The van der Waals surface area contributed by atoms with Gasteiger partial charge in [0.25, 0.3) is 0 Å². The molecular weight excluding hydrogens is 360 g/mol. The van der Waals surface area contributed by atoms with Crippen molar-refractivity contribution in [1.82, 2.24) is 25.3 Å². The Morgan fingerprint density at radius 2 is 2.03 bits per heavy atom. The molecule has 0 atom stereocenters. The van der Waals surface area contributed by atoms with E-state index in [2.05, 4.69) is 70.3 Å². The molecule has 6 heteroatoms. The van der Waals surface area contributed by atoms with Gasteiger partial charge in [-0.15, -0.1) is 0 Å². The first kappa shape index (κ1) is 19.6. The number of benzene rings is 1. The highest BCUT2D eigenvalue weighted by molar-refractivity contribution is 6.14. The minimum Gasteiger partial charge on any atom is -0.298 e. The number of hydrogen-bond donors (Lipinski definition) is 2. The highest BCUT2D eigenvalue weighted by Crippen LogP contribution is 2.28. The summed E-state index contributed by atoms with van der Waals surface area (Å²) in [5.74, 6) is 0. The van der Waals surface area contributed by atoms with Crippen molar-refractivity contribution in [3.05, 3.63) is 53.0 Å². The molecule has 0 radical (unpaired) electrons. The van der Waals surface area contributed by atoms with E-state index in [0.717, 1.165) is 71.7 Å². The van der Waals surface area contributed by atoms with E-state index in [9.17, 15) is 0 Å². The molecule has 0 fully saturated rings. The molecule has 0 aliphatic heterocycles. The van der Waals surface area contributed by atoms with Crippen LogP contribution in [0.15, 0.2) is 41.0 Å². The van der Waals surface area contributed by atoms with Gasteiger partial charge in [-0.1, -0.05) is 19.9 Å². The zero-order valence-electron chi connectivity index (χ0n) is 17.6. The molecule has 2 N–H and O–H groups in total. The third-order valence-electron chi connectivity index (χ3n) is 5.81. The average Bonchev–Trinajstić information content (AvgIpc) is 3.36. The number of fused-ring (bicyclic) bond motifs is 1. The van der Waals surface area contributed by atoms with Gasteiger partial charge in [0.2, 0.25) is 0 Å². The van der Waals surface area contributed by atoms with Crippen LogP contribution >= 0.6 is 0 Å². The van der Waals surface area contributed by atoms with Crippen molar-refractivity contribution in [2.24, 2.45) is 4.99 Å². The van der Waals surface area contributed by atoms with Crippen LogP contribution in [0.4, 0.5) is 5.69 Å². The van der Waals surface area contributed by atoms with E-state index in [1.807, 2.05) is 6.20 Å². The Hall–Kier alpha value is -2.73. The second kappa shape index (κ2) is 8.74. The molecule has 0 unspecified atom stereocenters. The van der Waals surface area contributed by atoms with Crippen LogP contribution in [0, 0.1) is 6.92 Å². The smallest absolute Gasteiger partial charge is 0.0925 e. The second-order valence-corrected chi connectivity index (χ2v) is 7.71. The molecule has 0 amide bonds. The van der Waals surface area contributed by atoms with Gasteiger partial charge in [-0.3, -0.25) is 15.1 Å². The van der Waals surface area contributed by atoms with Crippen LogP contribution in [0.3, 0.4) is 0 Å². The minimum absolute atomic E-state index is 0.871. The van der Waals surface area contributed by atoms with E-state index in [4.69, 9.17) is 4.99 Å². The number of aromatic amines is 2. The van der Waals surface area contributed by atoms with Crippen molar-refractivity contribution in [2.45, 2.75) is 53.0 Å². The lowest BCUT2D eigenvalue weighted by Crippen LogP contribution is -2.22. The first-order valence-electron chi connectivity index (χ1n) is 10.7. The Balaban J connectivity index is 1.75.